The van der Waals surface area contributed by atoms with Gasteiger partial charge in [0.15, 0.2) is 15.5 Å². The number of nitrogen functional groups attached to an aromatic ring is 1. The first-order valence-electron chi connectivity index (χ1n) is 10.2. The SMILES string of the molecule is Cc1ccnc(C(=O)OC(=O)c2cc(CS(=O)(=O)c3ccccc3F)cc(OC(C)C)c2)c1N. The van der Waals surface area contributed by atoms with Gasteiger partial charge in [-0.2, -0.15) is 0 Å². The second-order valence-corrected chi connectivity index (χ2v) is 9.75. The Bertz CT molecular complexity index is 1360. The molecule has 2 aromatic carbocycles. The van der Waals surface area contributed by atoms with Crippen LogP contribution in [-0.2, 0) is 20.3 Å². The Kier molecular flexibility index (Phi) is 7.31. The lowest BCUT2D eigenvalue weighted by Crippen LogP contribution is -2.17. The van der Waals surface area contributed by atoms with Crippen molar-refractivity contribution in [2.45, 2.75) is 37.5 Å². The van der Waals surface area contributed by atoms with Gasteiger partial charge in [0.05, 0.1) is 23.1 Å². The molecule has 0 amide bonds. The summed E-state index contributed by atoms with van der Waals surface area (Å²) in [5.41, 5.74) is 6.31. The zero-order chi connectivity index (χ0) is 25.0. The zero-order valence-electron chi connectivity index (χ0n) is 18.7. The molecule has 2 N–H and O–H groups in total. The fourth-order valence-electron chi connectivity index (χ4n) is 3.12. The summed E-state index contributed by atoms with van der Waals surface area (Å²) in [5.74, 6) is -3.41. The number of ether oxygens (including phenoxy) is 2. The minimum atomic E-state index is -4.08. The molecule has 0 fully saturated rings. The molecule has 0 saturated heterocycles. The quantitative estimate of drug-likeness (QED) is 0.394. The fraction of sp³-hybridized carbons (Fsp3) is 0.208. The molecule has 1 heterocycles. The lowest BCUT2D eigenvalue weighted by molar-refractivity contribution is 0.0393. The second kappa shape index (κ2) is 10.0. The van der Waals surface area contributed by atoms with E-state index in [2.05, 4.69) is 4.98 Å². The highest BCUT2D eigenvalue weighted by Crippen LogP contribution is 2.25. The van der Waals surface area contributed by atoms with Gasteiger partial charge in [0.1, 0.15) is 16.5 Å². The van der Waals surface area contributed by atoms with Gasteiger partial charge in [0.2, 0.25) is 0 Å². The Labute approximate surface area is 196 Å². The maximum atomic E-state index is 14.1. The minimum Gasteiger partial charge on any atom is -0.491 e. The lowest BCUT2D eigenvalue weighted by Gasteiger charge is -2.14. The molecule has 1 aromatic heterocycles. The third kappa shape index (κ3) is 5.76. The average molecular weight is 487 g/mol. The third-order valence-corrected chi connectivity index (χ3v) is 6.40. The van der Waals surface area contributed by atoms with Crippen LogP contribution >= 0.6 is 0 Å². The minimum absolute atomic E-state index is 0.0776. The molecule has 0 radical (unpaired) electrons. The van der Waals surface area contributed by atoms with Crippen molar-refractivity contribution in [2.75, 3.05) is 5.73 Å². The highest BCUT2D eigenvalue weighted by atomic mass is 32.2. The molecular weight excluding hydrogens is 463 g/mol. The topological polar surface area (TPSA) is 126 Å². The Morgan fingerprint density at radius 1 is 1.09 bits per heavy atom. The number of hydrogen-bond acceptors (Lipinski definition) is 8. The van der Waals surface area contributed by atoms with Gasteiger partial charge in [-0.15, -0.1) is 0 Å². The standard InChI is InChI=1S/C24H23FN2O6S/c1-14(2)32-18-11-16(13-34(30,31)20-7-5-4-6-19(20)25)10-17(12-18)23(28)33-24(29)22-21(26)15(3)8-9-27-22/h4-12,14H,13,26H2,1-3H3. The number of hydrogen-bond donors (Lipinski definition) is 1. The van der Waals surface area contributed by atoms with Crippen LogP contribution in [-0.4, -0.2) is 31.4 Å². The Balaban J connectivity index is 1.93. The molecular formula is C24H23FN2O6S. The van der Waals surface area contributed by atoms with Crippen LogP contribution in [0.25, 0.3) is 0 Å². The van der Waals surface area contributed by atoms with E-state index in [-0.39, 0.29) is 34.4 Å². The van der Waals surface area contributed by atoms with Crippen molar-refractivity contribution in [1.29, 1.82) is 0 Å². The fourth-order valence-corrected chi connectivity index (χ4v) is 4.53. The zero-order valence-corrected chi connectivity index (χ0v) is 19.6. The van der Waals surface area contributed by atoms with Crippen LogP contribution in [0.3, 0.4) is 0 Å². The molecule has 10 heteroatoms. The first-order valence-corrected chi connectivity index (χ1v) is 11.9. The molecule has 34 heavy (non-hydrogen) atoms. The van der Waals surface area contributed by atoms with Crippen LogP contribution in [0.15, 0.2) is 59.6 Å². The molecule has 3 rings (SSSR count). The first kappa shape index (κ1) is 24.8. The van der Waals surface area contributed by atoms with Gasteiger partial charge in [-0.25, -0.2) is 27.4 Å². The normalized spacial score (nSPS) is 11.3. The van der Waals surface area contributed by atoms with Crippen LogP contribution in [0.4, 0.5) is 10.1 Å². The number of nitrogens with zero attached hydrogens (tertiary/aromatic N) is 1. The van der Waals surface area contributed by atoms with Gasteiger partial charge in [-0.3, -0.25) is 0 Å². The molecule has 178 valence electrons. The molecule has 0 atom stereocenters. The number of aromatic nitrogens is 1. The van der Waals surface area contributed by atoms with Crippen molar-refractivity contribution in [3.05, 3.63) is 82.9 Å². The number of pyridine rings is 1. The summed E-state index contributed by atoms with van der Waals surface area (Å²) in [6, 6.07) is 10.6. The third-order valence-electron chi connectivity index (χ3n) is 4.69. The number of rotatable bonds is 7. The van der Waals surface area contributed by atoms with E-state index in [0.717, 1.165) is 12.1 Å². The highest BCUT2D eigenvalue weighted by Gasteiger charge is 2.23. The van der Waals surface area contributed by atoms with Gasteiger partial charge in [0, 0.05) is 6.20 Å². The number of carbonyl (C=O) groups excluding carboxylic acids is 2. The van der Waals surface area contributed by atoms with Gasteiger partial charge in [0.25, 0.3) is 0 Å². The number of benzene rings is 2. The molecule has 0 aliphatic rings. The maximum absolute atomic E-state index is 14.1. The van der Waals surface area contributed by atoms with E-state index in [4.69, 9.17) is 15.2 Å². The van der Waals surface area contributed by atoms with E-state index >= 15 is 0 Å². The number of esters is 2. The van der Waals surface area contributed by atoms with Gasteiger partial charge < -0.3 is 15.2 Å². The molecule has 0 saturated carbocycles. The number of halogens is 1. The lowest BCUT2D eigenvalue weighted by atomic mass is 10.1. The predicted molar refractivity (Wildman–Crippen MR) is 123 cm³/mol. The van der Waals surface area contributed by atoms with Gasteiger partial charge in [-0.1, -0.05) is 12.1 Å². The van der Waals surface area contributed by atoms with Crippen molar-refractivity contribution in [3.8, 4) is 5.75 Å². The number of aryl methyl sites for hydroxylation is 1. The molecule has 0 bridgehead atoms. The molecule has 0 unspecified atom stereocenters. The second-order valence-electron chi connectivity index (χ2n) is 7.79. The monoisotopic (exact) mass is 486 g/mol. The predicted octanol–water partition coefficient (Wildman–Crippen LogP) is 3.87. The number of nitrogens with two attached hydrogens (primary N) is 1. The summed E-state index contributed by atoms with van der Waals surface area (Å²) < 4.78 is 50.2. The molecule has 8 nitrogen and oxygen atoms in total. The summed E-state index contributed by atoms with van der Waals surface area (Å²) in [6.45, 7) is 5.16. The van der Waals surface area contributed by atoms with E-state index < -0.39 is 38.2 Å². The Morgan fingerprint density at radius 2 is 1.79 bits per heavy atom. The average Bonchev–Trinajstić information content (AvgIpc) is 2.74. The van der Waals surface area contributed by atoms with Gasteiger partial charge in [-0.05, 0) is 68.3 Å². The summed E-state index contributed by atoms with van der Waals surface area (Å²) in [5, 5.41) is 0. The van der Waals surface area contributed by atoms with E-state index in [1.165, 1.54) is 36.5 Å². The highest BCUT2D eigenvalue weighted by molar-refractivity contribution is 7.90. The first-order chi connectivity index (χ1) is 16.0. The largest absolute Gasteiger partial charge is 0.491 e. The van der Waals surface area contributed by atoms with Crippen molar-refractivity contribution in [1.82, 2.24) is 4.98 Å². The number of anilines is 1. The molecule has 0 spiro atoms. The van der Waals surface area contributed by atoms with Crippen molar-refractivity contribution in [3.63, 3.8) is 0 Å². The summed E-state index contributed by atoms with van der Waals surface area (Å²) in [4.78, 5) is 28.6. The molecule has 3 aromatic rings. The van der Waals surface area contributed by atoms with E-state index in [1.807, 2.05) is 0 Å². The van der Waals surface area contributed by atoms with E-state index in [0.29, 0.717) is 5.56 Å². The van der Waals surface area contributed by atoms with Crippen LogP contribution in [0.5, 0.6) is 5.75 Å². The summed E-state index contributed by atoms with van der Waals surface area (Å²) >= 11 is 0. The smallest absolute Gasteiger partial charge is 0.366 e. The number of carbonyl (C=O) groups is 2. The Hall–Kier alpha value is -3.79. The summed E-state index contributed by atoms with van der Waals surface area (Å²) in [6.07, 6.45) is 1.07. The Morgan fingerprint density at radius 3 is 2.47 bits per heavy atom. The van der Waals surface area contributed by atoms with Crippen LogP contribution in [0.2, 0.25) is 0 Å². The van der Waals surface area contributed by atoms with E-state index in [1.54, 1.807) is 26.8 Å². The van der Waals surface area contributed by atoms with E-state index in [9.17, 15) is 22.4 Å². The van der Waals surface area contributed by atoms with Crippen molar-refractivity contribution in [2.24, 2.45) is 0 Å². The van der Waals surface area contributed by atoms with Gasteiger partial charge >= 0.3 is 11.9 Å². The van der Waals surface area contributed by atoms with Crippen molar-refractivity contribution >= 4 is 27.5 Å². The maximum Gasteiger partial charge on any atom is 0.366 e. The number of sulfone groups is 1. The molecule has 0 aliphatic carbocycles. The summed E-state index contributed by atoms with van der Waals surface area (Å²) in [7, 11) is -4.08. The van der Waals surface area contributed by atoms with Crippen molar-refractivity contribution < 1.29 is 31.9 Å². The van der Waals surface area contributed by atoms with Crippen LogP contribution < -0.4 is 10.5 Å². The van der Waals surface area contributed by atoms with Crippen LogP contribution in [0.1, 0.15) is 45.8 Å². The molecule has 0 aliphatic heterocycles. The van der Waals surface area contributed by atoms with Crippen LogP contribution in [0, 0.1) is 12.7 Å².